The molecule has 3 heterocycles. The highest BCUT2D eigenvalue weighted by Gasteiger charge is 2.37. The normalized spacial score (nSPS) is 22.8. The van der Waals surface area contributed by atoms with Crippen LogP contribution in [0.1, 0.15) is 41.3 Å². The topological polar surface area (TPSA) is 90.1 Å². The Morgan fingerprint density at radius 2 is 1.97 bits per heavy atom. The minimum absolute atomic E-state index is 0.00700. The summed E-state index contributed by atoms with van der Waals surface area (Å²) >= 11 is 0. The zero-order chi connectivity index (χ0) is 20.4. The second-order valence-electron chi connectivity index (χ2n) is 8.23. The van der Waals surface area contributed by atoms with Crippen molar-refractivity contribution in [1.29, 1.82) is 0 Å². The van der Waals surface area contributed by atoms with Crippen molar-refractivity contribution >= 4 is 5.91 Å². The summed E-state index contributed by atoms with van der Waals surface area (Å²) in [6.45, 7) is 6.30. The number of rotatable bonds is 4. The van der Waals surface area contributed by atoms with E-state index in [1.807, 2.05) is 4.90 Å². The molecule has 0 bridgehead atoms. The van der Waals surface area contributed by atoms with E-state index < -0.39 is 0 Å². The van der Waals surface area contributed by atoms with Crippen LogP contribution in [0.2, 0.25) is 0 Å². The highest BCUT2D eigenvalue weighted by atomic mass is 16.2. The van der Waals surface area contributed by atoms with Crippen molar-refractivity contribution in [3.05, 3.63) is 63.3 Å². The predicted octanol–water partition coefficient (Wildman–Crippen LogP) is 1.43. The molecule has 1 aromatic carbocycles. The van der Waals surface area contributed by atoms with Gasteiger partial charge in [-0.3, -0.25) is 20.4 Å². The molecule has 4 rings (SSSR count). The number of carbonyl (C=O) groups excluding carboxylic acids is 1. The molecule has 2 fully saturated rings. The smallest absolute Gasteiger partial charge is 0.254 e. The zero-order valence-electron chi connectivity index (χ0n) is 17.1. The molecule has 29 heavy (non-hydrogen) atoms. The number of H-pyrrole nitrogens is 1. The van der Waals surface area contributed by atoms with Crippen molar-refractivity contribution in [3.63, 3.8) is 0 Å². The maximum Gasteiger partial charge on any atom is 0.254 e. The van der Waals surface area contributed by atoms with Crippen molar-refractivity contribution < 1.29 is 4.79 Å². The molecular weight excluding hydrogens is 366 g/mol. The third-order valence-corrected chi connectivity index (χ3v) is 6.35. The molecule has 2 aliphatic rings. The van der Waals surface area contributed by atoms with Crippen LogP contribution in [0.5, 0.6) is 0 Å². The number of hydrazine groups is 1. The third kappa shape index (κ3) is 4.26. The molecule has 3 N–H and O–H groups in total. The summed E-state index contributed by atoms with van der Waals surface area (Å²) in [6.07, 6.45) is 3.56. The summed E-state index contributed by atoms with van der Waals surface area (Å²) in [7, 11) is 0. The van der Waals surface area contributed by atoms with Crippen LogP contribution in [0.25, 0.3) is 0 Å². The number of nitrogens with one attached hydrogen (secondary N) is 3. The van der Waals surface area contributed by atoms with Crippen LogP contribution < -0.4 is 16.4 Å². The first kappa shape index (κ1) is 19.8. The van der Waals surface area contributed by atoms with Gasteiger partial charge in [0.15, 0.2) is 0 Å². The van der Waals surface area contributed by atoms with Gasteiger partial charge in [0.1, 0.15) is 5.82 Å². The number of likely N-dealkylation sites (tertiary alicyclic amines) is 1. The minimum atomic E-state index is -0.219. The molecule has 0 aliphatic carbocycles. The molecule has 2 aromatic rings. The van der Waals surface area contributed by atoms with Gasteiger partial charge in [0.25, 0.3) is 5.56 Å². The van der Waals surface area contributed by atoms with Gasteiger partial charge in [-0.05, 0) is 43.7 Å². The van der Waals surface area contributed by atoms with Gasteiger partial charge in [0.2, 0.25) is 5.91 Å². The molecular formula is C22H29N5O2. The van der Waals surface area contributed by atoms with Gasteiger partial charge < -0.3 is 9.88 Å². The van der Waals surface area contributed by atoms with Crippen LogP contribution >= 0.6 is 0 Å². The highest BCUT2D eigenvalue weighted by Crippen LogP contribution is 2.33. The number of aromatic nitrogens is 2. The fraction of sp³-hybridized carbons (Fsp3) is 0.500. The number of hydrogen-bond acceptors (Lipinski definition) is 5. The summed E-state index contributed by atoms with van der Waals surface area (Å²) < 4.78 is 0. The molecule has 1 amide bonds. The van der Waals surface area contributed by atoms with Gasteiger partial charge in [-0.2, -0.15) is 0 Å². The Kier molecular flexibility index (Phi) is 5.78. The second-order valence-corrected chi connectivity index (χ2v) is 8.23. The van der Waals surface area contributed by atoms with Crippen molar-refractivity contribution in [2.24, 2.45) is 5.92 Å². The number of amides is 1. The monoisotopic (exact) mass is 395 g/mol. The van der Waals surface area contributed by atoms with Gasteiger partial charge >= 0.3 is 0 Å². The number of aryl methyl sites for hydroxylation is 2. The van der Waals surface area contributed by atoms with Crippen molar-refractivity contribution in [2.75, 3.05) is 19.6 Å². The zero-order valence-corrected chi connectivity index (χ0v) is 17.1. The molecule has 7 heteroatoms. The van der Waals surface area contributed by atoms with Crippen LogP contribution in [0.3, 0.4) is 0 Å². The fourth-order valence-corrected chi connectivity index (χ4v) is 4.69. The molecule has 2 saturated heterocycles. The number of hydrogen-bond donors (Lipinski definition) is 3. The van der Waals surface area contributed by atoms with E-state index in [2.05, 4.69) is 52.0 Å². The largest absolute Gasteiger partial charge is 0.342 e. The van der Waals surface area contributed by atoms with E-state index >= 15 is 0 Å². The predicted molar refractivity (Wildman–Crippen MR) is 111 cm³/mol. The number of nitrogens with zero attached hydrogens (tertiary/aromatic N) is 2. The van der Waals surface area contributed by atoms with Crippen LogP contribution in [0.15, 0.2) is 35.3 Å². The Morgan fingerprint density at radius 1 is 1.21 bits per heavy atom. The summed E-state index contributed by atoms with van der Waals surface area (Å²) in [4.78, 5) is 33.3. The van der Waals surface area contributed by atoms with E-state index in [-0.39, 0.29) is 17.9 Å². The minimum Gasteiger partial charge on any atom is -0.342 e. The van der Waals surface area contributed by atoms with E-state index in [0.29, 0.717) is 29.3 Å². The highest BCUT2D eigenvalue weighted by molar-refractivity contribution is 5.78. The SMILES string of the molecule is Cc1ncc(CC(=O)N2CCC(C3NNCC3c3ccccc3C)CC2)c(=O)[nH]1. The summed E-state index contributed by atoms with van der Waals surface area (Å²) in [6, 6.07) is 8.97. The van der Waals surface area contributed by atoms with Crippen LogP contribution in [0.4, 0.5) is 0 Å². The standard InChI is InChI=1S/C22H29N5O2/c1-14-5-3-4-6-18(14)19-13-24-26-21(19)16-7-9-27(10-8-16)20(28)11-17-12-23-15(2)25-22(17)29/h3-6,12,16,19,21,24,26H,7-11,13H2,1-2H3,(H,23,25,29). The van der Waals surface area contributed by atoms with Gasteiger partial charge in [-0.15, -0.1) is 0 Å². The lowest BCUT2D eigenvalue weighted by Gasteiger charge is -2.36. The molecule has 7 nitrogen and oxygen atoms in total. The molecule has 2 unspecified atom stereocenters. The van der Waals surface area contributed by atoms with Crippen molar-refractivity contribution in [1.82, 2.24) is 25.7 Å². The molecule has 0 saturated carbocycles. The molecule has 0 radical (unpaired) electrons. The van der Waals surface area contributed by atoms with E-state index in [1.165, 1.54) is 17.3 Å². The number of carbonyl (C=O) groups is 1. The van der Waals surface area contributed by atoms with E-state index in [1.54, 1.807) is 6.92 Å². The number of benzene rings is 1. The Morgan fingerprint density at radius 3 is 2.69 bits per heavy atom. The first-order valence-electron chi connectivity index (χ1n) is 10.4. The van der Waals surface area contributed by atoms with Crippen molar-refractivity contribution in [2.45, 2.75) is 45.1 Å². The van der Waals surface area contributed by atoms with Gasteiger partial charge in [0.05, 0.1) is 6.42 Å². The van der Waals surface area contributed by atoms with E-state index in [4.69, 9.17) is 0 Å². The quantitative estimate of drug-likeness (QED) is 0.729. The summed E-state index contributed by atoms with van der Waals surface area (Å²) in [5.74, 6) is 1.53. The lowest BCUT2D eigenvalue weighted by molar-refractivity contribution is -0.132. The lowest BCUT2D eigenvalue weighted by atomic mass is 9.79. The molecule has 0 spiro atoms. The fourth-order valence-electron chi connectivity index (χ4n) is 4.69. The second kappa shape index (κ2) is 8.47. The van der Waals surface area contributed by atoms with Crippen molar-refractivity contribution in [3.8, 4) is 0 Å². The number of piperidine rings is 1. The molecule has 1 aromatic heterocycles. The summed E-state index contributed by atoms with van der Waals surface area (Å²) in [5.41, 5.74) is 9.79. The van der Waals surface area contributed by atoms with E-state index in [0.717, 1.165) is 32.5 Å². The van der Waals surface area contributed by atoms with Gasteiger partial charge in [0, 0.05) is 43.4 Å². The molecule has 2 aliphatic heterocycles. The van der Waals surface area contributed by atoms with E-state index in [9.17, 15) is 9.59 Å². The Hall–Kier alpha value is -2.51. The maximum atomic E-state index is 12.7. The maximum absolute atomic E-state index is 12.7. The molecule has 2 atom stereocenters. The summed E-state index contributed by atoms with van der Waals surface area (Å²) in [5, 5.41) is 0. The first-order valence-corrected chi connectivity index (χ1v) is 10.4. The van der Waals surface area contributed by atoms with Gasteiger partial charge in [-0.25, -0.2) is 4.98 Å². The average molecular weight is 396 g/mol. The number of aromatic amines is 1. The average Bonchev–Trinajstić information content (AvgIpc) is 3.20. The third-order valence-electron chi connectivity index (χ3n) is 6.35. The lowest BCUT2D eigenvalue weighted by Crippen LogP contribution is -2.46. The van der Waals surface area contributed by atoms with Crippen LogP contribution in [-0.4, -0.2) is 46.5 Å². The Bertz CT molecular complexity index is 933. The molecule has 154 valence electrons. The Balaban J connectivity index is 1.37. The first-order chi connectivity index (χ1) is 14.0. The van der Waals surface area contributed by atoms with Crippen LogP contribution in [-0.2, 0) is 11.2 Å². The van der Waals surface area contributed by atoms with Gasteiger partial charge in [-0.1, -0.05) is 24.3 Å². The Labute approximate surface area is 170 Å². The van der Waals surface area contributed by atoms with Crippen LogP contribution in [0, 0.1) is 19.8 Å².